The highest BCUT2D eigenvalue weighted by atomic mass is 35.5. The van der Waals surface area contributed by atoms with Crippen molar-refractivity contribution in [2.75, 3.05) is 13.7 Å². The lowest BCUT2D eigenvalue weighted by molar-refractivity contribution is 0.0898. The molecule has 120 valence electrons. The quantitative estimate of drug-likeness (QED) is 0.813. The van der Waals surface area contributed by atoms with Crippen molar-refractivity contribution in [2.45, 2.75) is 39.3 Å². The molecule has 0 aliphatic heterocycles. The van der Waals surface area contributed by atoms with Crippen molar-refractivity contribution < 1.29 is 9.53 Å². The van der Waals surface area contributed by atoms with E-state index in [-0.39, 0.29) is 23.9 Å². The number of hydrogen-bond donors (Lipinski definition) is 2. The Morgan fingerprint density at radius 2 is 2.10 bits per heavy atom. The van der Waals surface area contributed by atoms with Crippen molar-refractivity contribution in [1.29, 1.82) is 0 Å². The van der Waals surface area contributed by atoms with Gasteiger partial charge in [0.2, 0.25) is 0 Å². The monoisotopic (exact) mass is 314 g/mol. The lowest BCUT2D eigenvalue weighted by Gasteiger charge is -2.31. The number of amides is 1. The van der Waals surface area contributed by atoms with E-state index >= 15 is 0 Å². The van der Waals surface area contributed by atoms with E-state index in [9.17, 15) is 4.79 Å². The van der Waals surface area contributed by atoms with Gasteiger partial charge in [0, 0.05) is 24.8 Å². The Labute approximate surface area is 133 Å². The third-order valence-electron chi connectivity index (χ3n) is 3.22. The molecule has 0 saturated carbocycles. The number of halogens is 1. The Morgan fingerprint density at radius 1 is 1.43 bits per heavy atom. The minimum Gasteiger partial charge on any atom is -0.380 e. The molecule has 0 radical (unpaired) electrons. The molecule has 0 aliphatic rings. The van der Waals surface area contributed by atoms with Gasteiger partial charge in [0.25, 0.3) is 5.91 Å². The predicted octanol–water partition coefficient (Wildman–Crippen LogP) is 2.75. The van der Waals surface area contributed by atoms with Crippen molar-refractivity contribution in [3.8, 4) is 0 Å². The minimum absolute atomic E-state index is 0. The number of carbonyl (C=O) groups excluding carboxylic acids is 1. The zero-order valence-electron chi connectivity index (χ0n) is 13.3. The van der Waals surface area contributed by atoms with E-state index < -0.39 is 0 Å². The van der Waals surface area contributed by atoms with E-state index in [1.54, 1.807) is 13.2 Å². The van der Waals surface area contributed by atoms with Crippen molar-refractivity contribution >= 4 is 18.3 Å². The summed E-state index contributed by atoms with van der Waals surface area (Å²) in [6.45, 7) is 7.17. The smallest absolute Gasteiger partial charge is 0.251 e. The number of benzene rings is 1. The Hall–Kier alpha value is -1.10. The normalized spacial score (nSPS) is 13.4. The van der Waals surface area contributed by atoms with Gasteiger partial charge in [-0.25, -0.2) is 0 Å². The van der Waals surface area contributed by atoms with E-state index in [4.69, 9.17) is 10.5 Å². The minimum atomic E-state index is -0.373. The first kappa shape index (κ1) is 19.9. The Kier molecular flexibility index (Phi) is 8.55. The zero-order valence-corrected chi connectivity index (χ0v) is 14.1. The molecule has 1 aromatic carbocycles. The summed E-state index contributed by atoms with van der Waals surface area (Å²) in [5.41, 5.74) is 7.08. The molecule has 1 aromatic rings. The maximum absolute atomic E-state index is 12.3. The molecule has 0 saturated heterocycles. The average molecular weight is 315 g/mol. The fourth-order valence-corrected chi connectivity index (χ4v) is 2.40. The molecule has 0 aromatic heterocycles. The van der Waals surface area contributed by atoms with Crippen molar-refractivity contribution in [3.05, 3.63) is 35.4 Å². The van der Waals surface area contributed by atoms with Crippen LogP contribution in [0.4, 0.5) is 0 Å². The summed E-state index contributed by atoms with van der Waals surface area (Å²) in [7, 11) is 1.64. The maximum atomic E-state index is 12.3. The number of carbonyl (C=O) groups is 1. The molecule has 1 atom stereocenters. The molecular weight excluding hydrogens is 288 g/mol. The summed E-state index contributed by atoms with van der Waals surface area (Å²) in [5, 5.41) is 3.06. The molecule has 4 nitrogen and oxygen atoms in total. The number of nitrogens with two attached hydrogens (primary N) is 1. The summed E-state index contributed by atoms with van der Waals surface area (Å²) in [6.07, 6.45) is 0.854. The fraction of sp³-hybridized carbons (Fsp3) is 0.562. The number of ether oxygens (including phenoxy) is 1. The van der Waals surface area contributed by atoms with E-state index in [0.717, 1.165) is 12.0 Å². The first-order valence-corrected chi connectivity index (χ1v) is 7.00. The van der Waals surface area contributed by atoms with Crippen LogP contribution in [0.25, 0.3) is 0 Å². The van der Waals surface area contributed by atoms with Gasteiger partial charge in [-0.05, 0) is 37.0 Å². The topological polar surface area (TPSA) is 64.3 Å². The second-order valence-electron chi connectivity index (χ2n) is 5.95. The molecule has 3 N–H and O–H groups in total. The Bertz CT molecular complexity index is 452. The SMILES string of the molecule is COCc1cccc(C(=O)NC(C)(CN)CC(C)C)c1.Cl. The van der Waals surface area contributed by atoms with Gasteiger partial charge in [-0.2, -0.15) is 0 Å². The third-order valence-corrected chi connectivity index (χ3v) is 3.22. The van der Waals surface area contributed by atoms with E-state index in [2.05, 4.69) is 19.2 Å². The summed E-state index contributed by atoms with van der Waals surface area (Å²) in [4.78, 5) is 12.3. The van der Waals surface area contributed by atoms with Crippen LogP contribution in [0.1, 0.15) is 43.1 Å². The summed E-state index contributed by atoms with van der Waals surface area (Å²) in [5.74, 6) is 0.389. The molecule has 0 heterocycles. The van der Waals surface area contributed by atoms with Gasteiger partial charge in [0.15, 0.2) is 0 Å². The highest BCUT2D eigenvalue weighted by molar-refractivity contribution is 5.94. The fourth-order valence-electron chi connectivity index (χ4n) is 2.40. The van der Waals surface area contributed by atoms with Crippen molar-refractivity contribution in [1.82, 2.24) is 5.32 Å². The van der Waals surface area contributed by atoms with Crippen LogP contribution in [0.15, 0.2) is 24.3 Å². The first-order valence-electron chi connectivity index (χ1n) is 7.00. The van der Waals surface area contributed by atoms with Gasteiger partial charge in [0.1, 0.15) is 0 Å². The van der Waals surface area contributed by atoms with E-state index in [0.29, 0.717) is 24.6 Å². The zero-order chi connectivity index (χ0) is 15.2. The third kappa shape index (κ3) is 6.46. The van der Waals surface area contributed by atoms with Crippen LogP contribution < -0.4 is 11.1 Å². The van der Waals surface area contributed by atoms with Gasteiger partial charge >= 0.3 is 0 Å². The van der Waals surface area contributed by atoms with Crippen LogP contribution in [0.3, 0.4) is 0 Å². The maximum Gasteiger partial charge on any atom is 0.251 e. The number of nitrogens with one attached hydrogen (secondary N) is 1. The summed E-state index contributed by atoms with van der Waals surface area (Å²) in [6, 6.07) is 7.47. The second kappa shape index (κ2) is 9.03. The van der Waals surface area contributed by atoms with Crippen LogP contribution in [0, 0.1) is 5.92 Å². The van der Waals surface area contributed by atoms with Gasteiger partial charge in [0.05, 0.1) is 6.61 Å². The molecule has 5 heteroatoms. The highest BCUT2D eigenvalue weighted by Gasteiger charge is 2.26. The van der Waals surface area contributed by atoms with Crippen LogP contribution in [-0.2, 0) is 11.3 Å². The average Bonchev–Trinajstić information content (AvgIpc) is 2.38. The molecule has 21 heavy (non-hydrogen) atoms. The van der Waals surface area contributed by atoms with E-state index in [1.807, 2.05) is 25.1 Å². The standard InChI is InChI=1S/C16H26N2O2.ClH/c1-12(2)9-16(3,11-17)18-15(19)14-7-5-6-13(8-14)10-20-4;/h5-8,12H,9-11,17H2,1-4H3,(H,18,19);1H. The van der Waals surface area contributed by atoms with Gasteiger partial charge < -0.3 is 15.8 Å². The molecule has 1 rings (SSSR count). The molecule has 0 fully saturated rings. The Morgan fingerprint density at radius 3 is 2.62 bits per heavy atom. The molecule has 0 bridgehead atoms. The first-order chi connectivity index (χ1) is 9.40. The van der Waals surface area contributed by atoms with Gasteiger partial charge in [-0.1, -0.05) is 26.0 Å². The number of rotatable bonds is 7. The van der Waals surface area contributed by atoms with Crippen LogP contribution in [0.5, 0.6) is 0 Å². The lowest BCUT2D eigenvalue weighted by Crippen LogP contribution is -2.52. The molecule has 0 spiro atoms. The largest absolute Gasteiger partial charge is 0.380 e. The van der Waals surface area contributed by atoms with Gasteiger partial charge in [-0.15, -0.1) is 12.4 Å². The summed E-state index contributed by atoms with van der Waals surface area (Å²) < 4.78 is 5.09. The van der Waals surface area contributed by atoms with Crippen LogP contribution >= 0.6 is 12.4 Å². The lowest BCUT2D eigenvalue weighted by atomic mass is 9.90. The molecule has 1 unspecified atom stereocenters. The van der Waals surface area contributed by atoms with E-state index in [1.165, 1.54) is 0 Å². The molecule has 1 amide bonds. The number of hydrogen-bond acceptors (Lipinski definition) is 3. The molecular formula is C16H27ClN2O2. The summed E-state index contributed by atoms with van der Waals surface area (Å²) >= 11 is 0. The highest BCUT2D eigenvalue weighted by Crippen LogP contribution is 2.16. The van der Waals surface area contributed by atoms with Crippen LogP contribution in [0.2, 0.25) is 0 Å². The number of methoxy groups -OCH3 is 1. The van der Waals surface area contributed by atoms with Crippen molar-refractivity contribution in [3.63, 3.8) is 0 Å². The second-order valence-corrected chi connectivity index (χ2v) is 5.95. The predicted molar refractivity (Wildman–Crippen MR) is 88.8 cm³/mol. The van der Waals surface area contributed by atoms with Crippen molar-refractivity contribution in [2.24, 2.45) is 11.7 Å². The van der Waals surface area contributed by atoms with Crippen LogP contribution in [-0.4, -0.2) is 25.1 Å². The molecule has 0 aliphatic carbocycles. The van der Waals surface area contributed by atoms with Gasteiger partial charge in [-0.3, -0.25) is 4.79 Å². The Balaban J connectivity index is 0.00000400.